The Morgan fingerprint density at radius 2 is 1.42 bits per heavy atom. The molecular weight excluding hydrogens is 733 g/mol. The summed E-state index contributed by atoms with van der Waals surface area (Å²) in [4.78, 5) is 44.1. The summed E-state index contributed by atoms with van der Waals surface area (Å²) < 4.78 is 11.3. The van der Waals surface area contributed by atoms with E-state index in [-0.39, 0.29) is 45.4 Å². The molecular formula is C52H80N2O5. The maximum atomic E-state index is 14.1. The van der Waals surface area contributed by atoms with Crippen molar-refractivity contribution in [3.63, 3.8) is 0 Å². The molecule has 4 fully saturated rings. The standard InChI is InChI=1S/C52H80N2O5/c1-34(2)37-22-27-52(33-54(31-30-53(14)15)42(55)32-43(56)58-46(3,4)5)29-28-50(12)39(44(37)52)20-21-41-49(11)25-23-38(48(9,10)40(49)24-26-51(41,50)13)35-16-18-36(19-17-35)45(57)59-47(6,7)8/h16-19,23,37,39-41,44H,1,20-22,24-33H2,2-15H3/t37-,39+,40-,41+,44+,49-,50+,51+,52+/m0/s1. The average Bonchev–Trinajstić information content (AvgIpc) is 3.48. The first-order valence-electron chi connectivity index (χ1n) is 23.0. The molecule has 0 unspecified atom stereocenters. The summed E-state index contributed by atoms with van der Waals surface area (Å²) in [5.74, 6) is 1.83. The zero-order valence-corrected chi connectivity index (χ0v) is 39.6. The highest BCUT2D eigenvalue weighted by Crippen LogP contribution is 2.77. The molecule has 6 rings (SSSR count). The average molecular weight is 813 g/mol. The van der Waals surface area contributed by atoms with Crippen LogP contribution < -0.4 is 0 Å². The number of carbonyl (C=O) groups excluding carboxylic acids is 3. The smallest absolute Gasteiger partial charge is 0.338 e. The van der Waals surface area contributed by atoms with Crippen LogP contribution in [0.15, 0.2) is 42.5 Å². The van der Waals surface area contributed by atoms with Gasteiger partial charge < -0.3 is 19.3 Å². The molecule has 0 spiro atoms. The minimum atomic E-state index is -0.627. The maximum Gasteiger partial charge on any atom is 0.338 e. The molecule has 328 valence electrons. The molecule has 0 N–H and O–H groups in total. The number of likely N-dealkylation sites (N-methyl/N-ethyl adjacent to an activating group) is 1. The van der Waals surface area contributed by atoms with Gasteiger partial charge >= 0.3 is 11.9 Å². The SMILES string of the molecule is C=C(C)[C@@H]1CC[C@]2(CN(CCN(C)C)C(=O)CC(=O)OC(C)(C)C)CC[C@]3(C)[C@H](CC[C@@H]4[C@@]5(C)CC=C(c6ccc(C(=O)OC(C)(C)C)cc6)C(C)(C)[C@@H]5CC[C@]43C)[C@@H]12. The molecule has 5 aliphatic rings. The predicted octanol–water partition coefficient (Wildman–Crippen LogP) is 11.4. The number of amides is 1. The van der Waals surface area contributed by atoms with Crippen molar-refractivity contribution in [3.05, 3.63) is 53.6 Å². The van der Waals surface area contributed by atoms with Crippen LogP contribution in [0.2, 0.25) is 0 Å². The van der Waals surface area contributed by atoms with Crippen molar-refractivity contribution in [2.75, 3.05) is 33.7 Å². The van der Waals surface area contributed by atoms with E-state index in [2.05, 4.69) is 85.3 Å². The van der Waals surface area contributed by atoms with Gasteiger partial charge in [0, 0.05) is 19.6 Å². The van der Waals surface area contributed by atoms with Crippen LogP contribution in [0.4, 0.5) is 0 Å². The fourth-order valence-corrected chi connectivity index (χ4v) is 14.4. The van der Waals surface area contributed by atoms with Crippen LogP contribution in [0.3, 0.4) is 0 Å². The molecule has 1 aromatic rings. The van der Waals surface area contributed by atoms with Gasteiger partial charge in [-0.05, 0) is 200 Å². The van der Waals surface area contributed by atoms with E-state index in [0.29, 0.717) is 48.2 Å². The first-order valence-corrected chi connectivity index (χ1v) is 23.0. The number of rotatable bonds is 10. The number of carbonyl (C=O) groups is 3. The summed E-state index contributed by atoms with van der Waals surface area (Å²) in [6.07, 6.45) is 12.9. The summed E-state index contributed by atoms with van der Waals surface area (Å²) in [5.41, 5.74) is 3.93. The first-order chi connectivity index (χ1) is 27.2. The zero-order valence-electron chi connectivity index (χ0n) is 39.6. The summed E-state index contributed by atoms with van der Waals surface area (Å²) >= 11 is 0. The van der Waals surface area contributed by atoms with Gasteiger partial charge in [-0.15, -0.1) is 0 Å². The van der Waals surface area contributed by atoms with E-state index in [0.717, 1.165) is 32.2 Å². The van der Waals surface area contributed by atoms with Crippen molar-refractivity contribution >= 4 is 23.4 Å². The number of nitrogens with zero attached hydrogens (tertiary/aromatic N) is 2. The number of benzene rings is 1. The fraction of sp³-hybridized carbons (Fsp3) is 0.750. The Kier molecular flexibility index (Phi) is 12.2. The molecule has 0 aromatic heterocycles. The van der Waals surface area contributed by atoms with Crippen molar-refractivity contribution in [3.8, 4) is 0 Å². The van der Waals surface area contributed by atoms with Gasteiger partial charge in [-0.2, -0.15) is 0 Å². The molecule has 1 amide bonds. The van der Waals surface area contributed by atoms with Crippen LogP contribution in [0, 0.1) is 56.7 Å². The highest BCUT2D eigenvalue weighted by atomic mass is 16.6. The number of ether oxygens (including phenoxy) is 2. The Labute approximate surface area is 358 Å². The van der Waals surface area contributed by atoms with Crippen LogP contribution in [0.1, 0.15) is 163 Å². The highest BCUT2D eigenvalue weighted by Gasteiger charge is 2.70. The van der Waals surface area contributed by atoms with Gasteiger partial charge in [0.15, 0.2) is 0 Å². The van der Waals surface area contributed by atoms with E-state index in [1.54, 1.807) is 0 Å². The van der Waals surface area contributed by atoms with Crippen molar-refractivity contribution in [1.82, 2.24) is 9.80 Å². The van der Waals surface area contributed by atoms with Gasteiger partial charge in [0.25, 0.3) is 0 Å². The summed E-state index contributed by atoms with van der Waals surface area (Å²) in [5, 5.41) is 0. The second-order valence-electron chi connectivity index (χ2n) is 23.6. The Hall–Kier alpha value is -2.93. The minimum Gasteiger partial charge on any atom is -0.460 e. The summed E-state index contributed by atoms with van der Waals surface area (Å²) in [7, 11) is 4.11. The number of fused-ring (bicyclic) bond motifs is 7. The van der Waals surface area contributed by atoms with E-state index in [1.165, 1.54) is 48.8 Å². The molecule has 0 heterocycles. The molecule has 0 radical (unpaired) electrons. The second kappa shape index (κ2) is 15.8. The van der Waals surface area contributed by atoms with Gasteiger partial charge in [-0.1, -0.05) is 65.0 Å². The lowest BCUT2D eigenvalue weighted by Crippen LogP contribution is -2.66. The van der Waals surface area contributed by atoms with Crippen molar-refractivity contribution < 1.29 is 23.9 Å². The molecule has 7 nitrogen and oxygen atoms in total. The van der Waals surface area contributed by atoms with Crippen molar-refractivity contribution in [1.29, 1.82) is 0 Å². The van der Waals surface area contributed by atoms with E-state index in [4.69, 9.17) is 9.47 Å². The van der Waals surface area contributed by atoms with E-state index < -0.39 is 17.2 Å². The Morgan fingerprint density at radius 1 is 0.780 bits per heavy atom. The first kappa shape index (κ1) is 45.6. The zero-order chi connectivity index (χ0) is 43.7. The lowest BCUT2D eigenvalue weighted by molar-refractivity contribution is -0.226. The topological polar surface area (TPSA) is 76.2 Å². The lowest BCUT2D eigenvalue weighted by atomic mass is 9.32. The number of allylic oxidation sites excluding steroid dienone is 3. The number of hydrogen-bond acceptors (Lipinski definition) is 6. The molecule has 1 aromatic carbocycles. The molecule has 4 saturated carbocycles. The lowest BCUT2D eigenvalue weighted by Gasteiger charge is -2.72. The molecule has 59 heavy (non-hydrogen) atoms. The van der Waals surface area contributed by atoms with Gasteiger partial charge in [0.05, 0.1) is 5.56 Å². The summed E-state index contributed by atoms with van der Waals surface area (Å²) in [6.45, 7) is 33.3. The fourth-order valence-electron chi connectivity index (χ4n) is 14.4. The van der Waals surface area contributed by atoms with E-state index in [1.807, 2.05) is 58.6 Å². The third kappa shape index (κ3) is 8.38. The molecule has 5 aliphatic carbocycles. The monoisotopic (exact) mass is 813 g/mol. The molecule has 0 aliphatic heterocycles. The largest absolute Gasteiger partial charge is 0.460 e. The van der Waals surface area contributed by atoms with Gasteiger partial charge in [0.1, 0.15) is 17.6 Å². The summed E-state index contributed by atoms with van der Waals surface area (Å²) in [6, 6.07) is 8.15. The highest BCUT2D eigenvalue weighted by molar-refractivity contribution is 5.94. The second-order valence-corrected chi connectivity index (χ2v) is 23.6. The van der Waals surface area contributed by atoms with Crippen LogP contribution in [0.25, 0.3) is 5.57 Å². The van der Waals surface area contributed by atoms with Crippen LogP contribution in [-0.4, -0.2) is 72.6 Å². The quantitative estimate of drug-likeness (QED) is 0.133. The third-order valence-corrected chi connectivity index (χ3v) is 17.0. The van der Waals surface area contributed by atoms with E-state index in [9.17, 15) is 14.4 Å². The Balaban J connectivity index is 1.28. The molecule has 9 atom stereocenters. The molecule has 0 bridgehead atoms. The maximum absolute atomic E-state index is 14.1. The Morgan fingerprint density at radius 3 is 2.02 bits per heavy atom. The minimum absolute atomic E-state index is 0.0114. The Bertz CT molecular complexity index is 1810. The van der Waals surface area contributed by atoms with Crippen molar-refractivity contribution in [2.24, 2.45) is 56.7 Å². The van der Waals surface area contributed by atoms with Crippen LogP contribution in [0.5, 0.6) is 0 Å². The third-order valence-electron chi connectivity index (χ3n) is 17.0. The van der Waals surface area contributed by atoms with Gasteiger partial charge in [0.2, 0.25) is 5.91 Å². The predicted molar refractivity (Wildman–Crippen MR) is 240 cm³/mol. The number of esters is 2. The molecule has 0 saturated heterocycles. The molecule has 7 heteroatoms. The van der Waals surface area contributed by atoms with Gasteiger partial charge in [-0.25, -0.2) is 4.79 Å². The van der Waals surface area contributed by atoms with E-state index >= 15 is 0 Å². The van der Waals surface area contributed by atoms with Crippen LogP contribution in [-0.2, 0) is 19.1 Å². The van der Waals surface area contributed by atoms with Gasteiger partial charge in [-0.3, -0.25) is 9.59 Å². The normalized spacial score (nSPS) is 35.0. The van der Waals surface area contributed by atoms with Crippen molar-refractivity contribution in [2.45, 2.75) is 158 Å². The van der Waals surface area contributed by atoms with Crippen LogP contribution >= 0.6 is 0 Å². The number of hydrogen-bond donors (Lipinski definition) is 0.